The number of rotatable bonds is 9. The van der Waals surface area contributed by atoms with Crippen LogP contribution in [0.4, 0.5) is 5.69 Å². The van der Waals surface area contributed by atoms with Gasteiger partial charge in [0, 0.05) is 11.8 Å². The van der Waals surface area contributed by atoms with E-state index >= 15 is 0 Å². The largest absolute Gasteiger partial charge is 0.493 e. The zero-order valence-corrected chi connectivity index (χ0v) is 17.2. The van der Waals surface area contributed by atoms with E-state index in [-0.39, 0.29) is 12.7 Å². The number of anilines is 1. The highest BCUT2D eigenvalue weighted by Gasteiger charge is 2.08. The Morgan fingerprint density at radius 1 is 1.10 bits per heavy atom. The molecule has 0 radical (unpaired) electrons. The standard InChI is InChI=1S/C23H27NO5/c1-5-17-7-6-8-19(13-17)24-22(25)15-28-23(26)12-10-18-9-11-20(29-16(2)3)21(14-18)27-4/h6-14,16H,5,15H2,1-4H3,(H,24,25)/b12-10+. The first kappa shape index (κ1) is 22.0. The van der Waals surface area contributed by atoms with E-state index in [1.165, 1.54) is 6.08 Å². The molecule has 1 amide bonds. The van der Waals surface area contributed by atoms with Gasteiger partial charge in [0.25, 0.3) is 5.91 Å². The number of aryl methyl sites for hydroxylation is 1. The zero-order valence-electron chi connectivity index (χ0n) is 17.2. The number of esters is 1. The summed E-state index contributed by atoms with van der Waals surface area (Å²) in [6.45, 7) is 5.54. The molecule has 0 bridgehead atoms. The highest BCUT2D eigenvalue weighted by Crippen LogP contribution is 2.29. The molecule has 0 unspecified atom stereocenters. The van der Waals surface area contributed by atoms with Crippen LogP contribution in [0.25, 0.3) is 6.08 Å². The van der Waals surface area contributed by atoms with Gasteiger partial charge >= 0.3 is 5.97 Å². The highest BCUT2D eigenvalue weighted by atomic mass is 16.5. The summed E-state index contributed by atoms with van der Waals surface area (Å²) in [5.41, 5.74) is 2.54. The topological polar surface area (TPSA) is 73.9 Å². The van der Waals surface area contributed by atoms with Crippen LogP contribution in [0.15, 0.2) is 48.5 Å². The molecule has 0 atom stereocenters. The molecular weight excluding hydrogens is 370 g/mol. The molecule has 6 nitrogen and oxygen atoms in total. The normalized spacial score (nSPS) is 10.8. The molecule has 154 valence electrons. The number of amides is 1. The summed E-state index contributed by atoms with van der Waals surface area (Å²) in [4.78, 5) is 23.9. The molecule has 0 fully saturated rings. The minimum Gasteiger partial charge on any atom is -0.493 e. The van der Waals surface area contributed by atoms with E-state index in [1.54, 1.807) is 37.5 Å². The zero-order chi connectivity index (χ0) is 21.2. The summed E-state index contributed by atoms with van der Waals surface area (Å²) < 4.78 is 16.0. The maximum absolute atomic E-state index is 12.0. The first-order valence-corrected chi connectivity index (χ1v) is 9.49. The van der Waals surface area contributed by atoms with Gasteiger partial charge in [-0.1, -0.05) is 25.1 Å². The number of hydrogen-bond donors (Lipinski definition) is 1. The summed E-state index contributed by atoms with van der Waals surface area (Å²) in [5, 5.41) is 2.71. The van der Waals surface area contributed by atoms with Crippen LogP contribution in [0.5, 0.6) is 11.5 Å². The summed E-state index contributed by atoms with van der Waals surface area (Å²) in [7, 11) is 1.55. The maximum atomic E-state index is 12.0. The number of carbonyl (C=O) groups excluding carboxylic acids is 2. The van der Waals surface area contributed by atoms with E-state index in [4.69, 9.17) is 14.2 Å². The van der Waals surface area contributed by atoms with Gasteiger partial charge in [0.15, 0.2) is 18.1 Å². The second-order valence-electron chi connectivity index (χ2n) is 6.62. The Hall–Kier alpha value is -3.28. The molecule has 0 aliphatic carbocycles. The van der Waals surface area contributed by atoms with Gasteiger partial charge in [-0.2, -0.15) is 0 Å². The highest BCUT2D eigenvalue weighted by molar-refractivity contribution is 5.94. The molecule has 2 aromatic rings. The quantitative estimate of drug-likeness (QED) is 0.506. The van der Waals surface area contributed by atoms with Gasteiger partial charge in [0.05, 0.1) is 13.2 Å². The molecule has 0 heterocycles. The lowest BCUT2D eigenvalue weighted by molar-refractivity contribution is -0.142. The average molecular weight is 397 g/mol. The van der Waals surface area contributed by atoms with Crippen molar-refractivity contribution in [3.63, 3.8) is 0 Å². The van der Waals surface area contributed by atoms with Gasteiger partial charge in [-0.3, -0.25) is 4.79 Å². The summed E-state index contributed by atoms with van der Waals surface area (Å²) >= 11 is 0. The van der Waals surface area contributed by atoms with Crippen molar-refractivity contribution in [2.75, 3.05) is 19.0 Å². The monoisotopic (exact) mass is 397 g/mol. The van der Waals surface area contributed by atoms with Gasteiger partial charge in [0.1, 0.15) is 0 Å². The molecule has 0 saturated carbocycles. The van der Waals surface area contributed by atoms with Crippen molar-refractivity contribution >= 4 is 23.6 Å². The van der Waals surface area contributed by atoms with Crippen molar-refractivity contribution in [3.8, 4) is 11.5 Å². The van der Waals surface area contributed by atoms with Crippen LogP contribution < -0.4 is 14.8 Å². The summed E-state index contributed by atoms with van der Waals surface area (Å²) in [6.07, 6.45) is 3.75. The molecular formula is C23H27NO5. The second-order valence-corrected chi connectivity index (χ2v) is 6.62. The molecule has 2 rings (SSSR count). The lowest BCUT2D eigenvalue weighted by atomic mass is 10.1. The van der Waals surface area contributed by atoms with Crippen molar-refractivity contribution in [1.29, 1.82) is 0 Å². The SMILES string of the molecule is CCc1cccc(NC(=O)COC(=O)/C=C/c2ccc(OC(C)C)c(OC)c2)c1. The Morgan fingerprint density at radius 2 is 1.90 bits per heavy atom. The predicted molar refractivity (Wildman–Crippen MR) is 113 cm³/mol. The van der Waals surface area contributed by atoms with Crippen LogP contribution in [-0.4, -0.2) is 31.7 Å². The second kappa shape index (κ2) is 10.9. The first-order valence-electron chi connectivity index (χ1n) is 9.49. The number of hydrogen-bond acceptors (Lipinski definition) is 5. The Balaban J connectivity index is 1.88. The Labute approximate surface area is 171 Å². The fourth-order valence-electron chi connectivity index (χ4n) is 2.55. The molecule has 1 N–H and O–H groups in total. The molecule has 0 aromatic heterocycles. The first-order chi connectivity index (χ1) is 13.9. The third-order valence-electron chi connectivity index (χ3n) is 3.93. The van der Waals surface area contributed by atoms with E-state index in [0.717, 1.165) is 17.5 Å². The van der Waals surface area contributed by atoms with Gasteiger partial charge in [-0.25, -0.2) is 4.79 Å². The predicted octanol–water partition coefficient (Wildman–Crippen LogP) is 4.24. The number of methoxy groups -OCH3 is 1. The minimum absolute atomic E-state index is 0.0239. The van der Waals surface area contributed by atoms with Gasteiger partial charge < -0.3 is 19.5 Å². The van der Waals surface area contributed by atoms with E-state index < -0.39 is 11.9 Å². The van der Waals surface area contributed by atoms with Crippen LogP contribution in [0.2, 0.25) is 0 Å². The van der Waals surface area contributed by atoms with Crippen molar-refractivity contribution in [1.82, 2.24) is 0 Å². The molecule has 0 spiro atoms. The number of benzene rings is 2. The van der Waals surface area contributed by atoms with Crippen LogP contribution in [-0.2, 0) is 20.7 Å². The number of ether oxygens (including phenoxy) is 3. The fourth-order valence-corrected chi connectivity index (χ4v) is 2.55. The minimum atomic E-state index is -0.607. The maximum Gasteiger partial charge on any atom is 0.331 e. The third kappa shape index (κ3) is 7.33. The molecule has 0 aliphatic rings. The van der Waals surface area contributed by atoms with Crippen LogP contribution in [0, 0.1) is 0 Å². The summed E-state index contributed by atoms with van der Waals surface area (Å²) in [6, 6.07) is 12.9. The van der Waals surface area contributed by atoms with Crippen molar-refractivity contribution in [2.24, 2.45) is 0 Å². The molecule has 6 heteroatoms. The van der Waals surface area contributed by atoms with Crippen molar-refractivity contribution in [2.45, 2.75) is 33.3 Å². The van der Waals surface area contributed by atoms with E-state index in [2.05, 4.69) is 5.32 Å². The van der Waals surface area contributed by atoms with Gasteiger partial charge in [0.2, 0.25) is 0 Å². The molecule has 2 aromatic carbocycles. The van der Waals surface area contributed by atoms with E-state index in [0.29, 0.717) is 17.2 Å². The van der Waals surface area contributed by atoms with Crippen LogP contribution in [0.1, 0.15) is 31.9 Å². The van der Waals surface area contributed by atoms with E-state index in [1.807, 2.05) is 39.0 Å². The van der Waals surface area contributed by atoms with Crippen LogP contribution >= 0.6 is 0 Å². The average Bonchev–Trinajstić information content (AvgIpc) is 2.71. The van der Waals surface area contributed by atoms with Gasteiger partial charge in [-0.15, -0.1) is 0 Å². The lowest BCUT2D eigenvalue weighted by Gasteiger charge is -2.13. The molecule has 29 heavy (non-hydrogen) atoms. The van der Waals surface area contributed by atoms with Crippen molar-refractivity contribution in [3.05, 3.63) is 59.7 Å². The Bertz CT molecular complexity index is 873. The van der Waals surface area contributed by atoms with E-state index in [9.17, 15) is 9.59 Å². The summed E-state index contributed by atoms with van der Waals surface area (Å²) in [5.74, 6) is 0.203. The number of carbonyl (C=O) groups is 2. The smallest absolute Gasteiger partial charge is 0.331 e. The Morgan fingerprint density at radius 3 is 2.59 bits per heavy atom. The molecule has 0 saturated heterocycles. The third-order valence-corrected chi connectivity index (χ3v) is 3.93. The van der Waals surface area contributed by atoms with Gasteiger partial charge in [-0.05, 0) is 61.7 Å². The Kier molecular flexibility index (Phi) is 8.27. The number of nitrogens with one attached hydrogen (secondary N) is 1. The van der Waals surface area contributed by atoms with Crippen molar-refractivity contribution < 1.29 is 23.8 Å². The lowest BCUT2D eigenvalue weighted by Crippen LogP contribution is -2.20. The molecule has 0 aliphatic heterocycles. The fraction of sp³-hybridized carbons (Fsp3) is 0.304. The van der Waals surface area contributed by atoms with Crippen LogP contribution in [0.3, 0.4) is 0 Å².